The monoisotopic (exact) mass is 266 g/mol. The highest BCUT2D eigenvalue weighted by atomic mass is 16.5. The zero-order valence-corrected chi connectivity index (χ0v) is 11.8. The van der Waals surface area contributed by atoms with Gasteiger partial charge >= 0.3 is 0 Å². The lowest BCUT2D eigenvalue weighted by atomic mass is 10.2. The molecular formula is C13H22N4O2. The quantitative estimate of drug-likeness (QED) is 0.883. The summed E-state index contributed by atoms with van der Waals surface area (Å²) in [5.74, 6) is 1.96. The van der Waals surface area contributed by atoms with E-state index in [0.29, 0.717) is 31.5 Å². The van der Waals surface area contributed by atoms with Gasteiger partial charge in [-0.05, 0) is 20.8 Å². The van der Waals surface area contributed by atoms with Crippen LogP contribution in [0.5, 0.6) is 0 Å². The van der Waals surface area contributed by atoms with Crippen LogP contribution in [0.15, 0.2) is 6.07 Å². The van der Waals surface area contributed by atoms with Gasteiger partial charge in [-0.3, -0.25) is 0 Å². The Morgan fingerprint density at radius 3 is 3.00 bits per heavy atom. The molecule has 2 heterocycles. The van der Waals surface area contributed by atoms with Crippen molar-refractivity contribution in [3.8, 4) is 0 Å². The van der Waals surface area contributed by atoms with Crippen molar-refractivity contribution in [2.75, 3.05) is 30.4 Å². The molecule has 0 bridgehead atoms. The average molecular weight is 266 g/mol. The predicted octanol–water partition coefficient (Wildman–Crippen LogP) is 1.21. The molecular weight excluding hydrogens is 244 g/mol. The molecule has 106 valence electrons. The Kier molecular flexibility index (Phi) is 4.55. The van der Waals surface area contributed by atoms with E-state index in [1.807, 2.05) is 13.0 Å². The number of morpholine rings is 1. The van der Waals surface area contributed by atoms with Crippen molar-refractivity contribution in [2.45, 2.75) is 39.5 Å². The molecule has 0 radical (unpaired) electrons. The van der Waals surface area contributed by atoms with Crippen molar-refractivity contribution in [3.63, 3.8) is 0 Å². The van der Waals surface area contributed by atoms with Gasteiger partial charge in [0.15, 0.2) is 5.82 Å². The predicted molar refractivity (Wildman–Crippen MR) is 74.0 cm³/mol. The van der Waals surface area contributed by atoms with E-state index in [1.165, 1.54) is 0 Å². The fourth-order valence-electron chi connectivity index (χ4n) is 2.13. The maximum absolute atomic E-state index is 5.85. The van der Waals surface area contributed by atoms with Gasteiger partial charge in [0, 0.05) is 19.2 Å². The smallest absolute Gasteiger partial charge is 0.158 e. The topological polar surface area (TPSA) is 73.5 Å². The molecule has 1 aliphatic heterocycles. The van der Waals surface area contributed by atoms with Gasteiger partial charge in [-0.1, -0.05) is 0 Å². The minimum Gasteiger partial charge on any atom is -0.384 e. The highest BCUT2D eigenvalue weighted by molar-refractivity contribution is 5.48. The number of rotatable bonds is 4. The largest absolute Gasteiger partial charge is 0.384 e. The van der Waals surface area contributed by atoms with Crippen LogP contribution in [0.3, 0.4) is 0 Å². The van der Waals surface area contributed by atoms with E-state index >= 15 is 0 Å². The molecule has 1 saturated heterocycles. The molecule has 1 aromatic heterocycles. The molecule has 19 heavy (non-hydrogen) atoms. The molecule has 0 aromatic carbocycles. The molecule has 0 spiro atoms. The minimum atomic E-state index is 0.197. The Morgan fingerprint density at radius 2 is 2.26 bits per heavy atom. The zero-order chi connectivity index (χ0) is 13.8. The number of aromatic nitrogens is 2. The van der Waals surface area contributed by atoms with Crippen LogP contribution in [0.2, 0.25) is 0 Å². The fourth-order valence-corrected chi connectivity index (χ4v) is 2.13. The van der Waals surface area contributed by atoms with E-state index < -0.39 is 0 Å². The lowest BCUT2D eigenvalue weighted by molar-refractivity contribution is 0.0340. The number of hydrogen-bond acceptors (Lipinski definition) is 6. The number of nitrogens with two attached hydrogens (primary N) is 1. The second-order valence-electron chi connectivity index (χ2n) is 4.85. The maximum atomic E-state index is 5.85. The molecule has 2 rings (SSSR count). The number of hydrogen-bond donors (Lipinski definition) is 1. The Labute approximate surface area is 113 Å². The van der Waals surface area contributed by atoms with Crippen molar-refractivity contribution in [1.82, 2.24) is 9.97 Å². The van der Waals surface area contributed by atoms with E-state index in [4.69, 9.17) is 15.2 Å². The Morgan fingerprint density at radius 1 is 1.47 bits per heavy atom. The van der Waals surface area contributed by atoms with Gasteiger partial charge in [0.05, 0.1) is 18.8 Å². The molecule has 1 fully saturated rings. The summed E-state index contributed by atoms with van der Waals surface area (Å²) < 4.78 is 11.0. The molecule has 0 saturated carbocycles. The SMILES string of the molecule is CCOCc1nc(N)cc(N2CC(C)OCC2C)n1. The minimum absolute atomic E-state index is 0.197. The first kappa shape index (κ1) is 14.0. The lowest BCUT2D eigenvalue weighted by Crippen LogP contribution is -2.47. The molecule has 1 aromatic rings. The Bertz CT molecular complexity index is 427. The average Bonchev–Trinajstić information content (AvgIpc) is 2.38. The number of ether oxygens (including phenoxy) is 2. The highest BCUT2D eigenvalue weighted by Crippen LogP contribution is 2.21. The van der Waals surface area contributed by atoms with E-state index in [2.05, 4.69) is 28.7 Å². The van der Waals surface area contributed by atoms with Gasteiger partial charge in [0.2, 0.25) is 0 Å². The van der Waals surface area contributed by atoms with Gasteiger partial charge in [0.1, 0.15) is 18.2 Å². The third-order valence-corrected chi connectivity index (χ3v) is 3.12. The summed E-state index contributed by atoms with van der Waals surface area (Å²) in [6.07, 6.45) is 0.197. The van der Waals surface area contributed by atoms with Crippen molar-refractivity contribution in [3.05, 3.63) is 11.9 Å². The number of nitrogen functional groups attached to an aromatic ring is 1. The van der Waals surface area contributed by atoms with Crippen LogP contribution in [0.4, 0.5) is 11.6 Å². The van der Waals surface area contributed by atoms with Gasteiger partial charge < -0.3 is 20.1 Å². The highest BCUT2D eigenvalue weighted by Gasteiger charge is 2.25. The number of nitrogens with zero attached hydrogens (tertiary/aromatic N) is 3. The summed E-state index contributed by atoms with van der Waals surface area (Å²) in [4.78, 5) is 10.9. The first-order chi connectivity index (χ1) is 9.10. The standard InChI is InChI=1S/C13H22N4O2/c1-4-18-8-12-15-11(14)5-13(16-12)17-6-10(3)19-7-9(17)2/h5,9-10H,4,6-8H2,1-3H3,(H2,14,15,16). The molecule has 6 nitrogen and oxygen atoms in total. The van der Waals surface area contributed by atoms with Gasteiger partial charge in [-0.25, -0.2) is 9.97 Å². The molecule has 6 heteroatoms. The second kappa shape index (κ2) is 6.16. The van der Waals surface area contributed by atoms with E-state index in [9.17, 15) is 0 Å². The maximum Gasteiger partial charge on any atom is 0.158 e. The fraction of sp³-hybridized carbons (Fsp3) is 0.692. The first-order valence-corrected chi connectivity index (χ1v) is 6.69. The van der Waals surface area contributed by atoms with Gasteiger partial charge in [-0.15, -0.1) is 0 Å². The molecule has 2 N–H and O–H groups in total. The summed E-state index contributed by atoms with van der Waals surface area (Å²) in [5, 5.41) is 0. The van der Waals surface area contributed by atoms with Gasteiger partial charge in [-0.2, -0.15) is 0 Å². The van der Waals surface area contributed by atoms with E-state index in [0.717, 1.165) is 12.4 Å². The van der Waals surface area contributed by atoms with Crippen LogP contribution < -0.4 is 10.6 Å². The van der Waals surface area contributed by atoms with Crippen molar-refractivity contribution < 1.29 is 9.47 Å². The van der Waals surface area contributed by atoms with Gasteiger partial charge in [0.25, 0.3) is 0 Å². The molecule has 0 aliphatic carbocycles. The normalized spacial score (nSPS) is 23.6. The Balaban J connectivity index is 2.20. The van der Waals surface area contributed by atoms with Crippen molar-refractivity contribution in [1.29, 1.82) is 0 Å². The van der Waals surface area contributed by atoms with Crippen LogP contribution in [-0.2, 0) is 16.1 Å². The van der Waals surface area contributed by atoms with Crippen LogP contribution in [0.25, 0.3) is 0 Å². The van der Waals surface area contributed by atoms with Crippen LogP contribution in [-0.4, -0.2) is 41.9 Å². The lowest BCUT2D eigenvalue weighted by Gasteiger charge is -2.37. The molecule has 2 unspecified atom stereocenters. The number of anilines is 2. The molecule has 2 atom stereocenters. The molecule has 1 aliphatic rings. The Hall–Kier alpha value is -1.40. The summed E-state index contributed by atoms with van der Waals surface area (Å²) in [6.45, 7) is 8.66. The second-order valence-corrected chi connectivity index (χ2v) is 4.85. The summed E-state index contributed by atoms with van der Waals surface area (Å²) >= 11 is 0. The van der Waals surface area contributed by atoms with Crippen LogP contribution in [0, 0.1) is 0 Å². The van der Waals surface area contributed by atoms with E-state index in [-0.39, 0.29) is 12.1 Å². The van der Waals surface area contributed by atoms with E-state index in [1.54, 1.807) is 0 Å². The third kappa shape index (κ3) is 3.54. The summed E-state index contributed by atoms with van der Waals surface area (Å²) in [5.41, 5.74) is 5.85. The zero-order valence-electron chi connectivity index (χ0n) is 11.8. The summed E-state index contributed by atoms with van der Waals surface area (Å²) in [7, 11) is 0. The van der Waals surface area contributed by atoms with Crippen LogP contribution >= 0.6 is 0 Å². The first-order valence-electron chi connectivity index (χ1n) is 6.69. The summed E-state index contributed by atoms with van der Waals surface area (Å²) in [6, 6.07) is 2.09. The van der Waals surface area contributed by atoms with Crippen LogP contribution in [0.1, 0.15) is 26.6 Å². The van der Waals surface area contributed by atoms with Crippen molar-refractivity contribution in [2.24, 2.45) is 0 Å². The third-order valence-electron chi connectivity index (χ3n) is 3.12. The molecule has 0 amide bonds. The van der Waals surface area contributed by atoms with Crippen molar-refractivity contribution >= 4 is 11.6 Å².